The summed E-state index contributed by atoms with van der Waals surface area (Å²) in [5.74, 6) is 0.236. The van der Waals surface area contributed by atoms with Crippen LogP contribution < -0.4 is 20.1 Å². The molecule has 14 heteroatoms. The number of fused-ring (bicyclic) bond motifs is 1. The van der Waals surface area contributed by atoms with Crippen LogP contribution in [0.4, 0.5) is 16.2 Å². The first-order valence-electron chi connectivity index (χ1n) is 16.6. The van der Waals surface area contributed by atoms with E-state index in [2.05, 4.69) is 10.6 Å². The van der Waals surface area contributed by atoms with E-state index in [0.717, 1.165) is 12.8 Å². The van der Waals surface area contributed by atoms with Crippen molar-refractivity contribution in [2.24, 2.45) is 5.92 Å². The van der Waals surface area contributed by atoms with Crippen molar-refractivity contribution in [3.05, 3.63) is 77.3 Å². The Hall–Kier alpha value is -3.88. The van der Waals surface area contributed by atoms with Crippen LogP contribution in [0.3, 0.4) is 0 Å². The molecule has 3 aromatic rings. The zero-order valence-corrected chi connectivity index (χ0v) is 30.7. The summed E-state index contributed by atoms with van der Waals surface area (Å²) >= 11 is 5.99. The third kappa shape index (κ3) is 10.3. The van der Waals surface area contributed by atoms with Gasteiger partial charge in [-0.1, -0.05) is 18.5 Å². The van der Waals surface area contributed by atoms with E-state index in [-0.39, 0.29) is 42.2 Å². The Morgan fingerprint density at radius 2 is 1.72 bits per heavy atom. The normalized spacial score (nSPS) is 19.9. The van der Waals surface area contributed by atoms with Gasteiger partial charge in [-0.2, -0.15) is 4.31 Å². The van der Waals surface area contributed by atoms with Gasteiger partial charge in [0, 0.05) is 49.1 Å². The van der Waals surface area contributed by atoms with E-state index < -0.39 is 34.1 Å². The number of hydrogen-bond donors (Lipinski definition) is 3. The molecule has 3 aromatic carbocycles. The molecule has 0 saturated carbocycles. The highest BCUT2D eigenvalue weighted by Gasteiger charge is 2.32. The van der Waals surface area contributed by atoms with Crippen molar-refractivity contribution < 1.29 is 37.3 Å². The highest BCUT2D eigenvalue weighted by atomic mass is 35.5. The number of urea groups is 1. The Balaban J connectivity index is 1.61. The molecule has 0 fully saturated rings. The van der Waals surface area contributed by atoms with Gasteiger partial charge in [0.2, 0.25) is 10.0 Å². The zero-order valence-electron chi connectivity index (χ0n) is 29.1. The molecule has 1 heterocycles. The number of carbonyl (C=O) groups excluding carboxylic acids is 2. The minimum absolute atomic E-state index is 0.0368. The van der Waals surface area contributed by atoms with Crippen LogP contribution in [-0.2, 0) is 14.8 Å². The van der Waals surface area contributed by atoms with Crippen molar-refractivity contribution in [3.8, 4) is 11.5 Å². The van der Waals surface area contributed by atoms with Crippen LogP contribution in [0.25, 0.3) is 0 Å². The van der Waals surface area contributed by atoms with Crippen LogP contribution in [-0.4, -0.2) is 93.4 Å². The average molecular weight is 731 g/mol. The van der Waals surface area contributed by atoms with Crippen molar-refractivity contribution in [1.29, 1.82) is 0 Å². The molecule has 0 unspecified atom stereocenters. The van der Waals surface area contributed by atoms with E-state index in [9.17, 15) is 23.1 Å². The molecule has 12 nitrogen and oxygen atoms in total. The number of nitrogens with zero attached hydrogens (tertiary/aromatic N) is 2. The molecule has 4 atom stereocenters. The number of halogens is 1. The van der Waals surface area contributed by atoms with Gasteiger partial charge in [0.25, 0.3) is 5.91 Å². The summed E-state index contributed by atoms with van der Waals surface area (Å²) in [7, 11) is -0.801. The number of benzene rings is 3. The van der Waals surface area contributed by atoms with Crippen molar-refractivity contribution in [2.45, 2.75) is 63.2 Å². The molecule has 272 valence electrons. The van der Waals surface area contributed by atoms with Gasteiger partial charge < -0.3 is 34.9 Å². The number of rotatable bonds is 9. The average Bonchev–Trinajstić information content (AvgIpc) is 3.09. The molecule has 3 N–H and O–H groups in total. The molecular formula is C36H47ClN4O8S. The van der Waals surface area contributed by atoms with Crippen LogP contribution in [0, 0.1) is 5.92 Å². The van der Waals surface area contributed by atoms with Gasteiger partial charge in [-0.05, 0) is 99.8 Å². The fourth-order valence-electron chi connectivity index (χ4n) is 5.57. The molecule has 0 aliphatic carbocycles. The quantitative estimate of drug-likeness (QED) is 0.239. The minimum atomic E-state index is -3.86. The van der Waals surface area contributed by atoms with Gasteiger partial charge in [0.15, 0.2) is 0 Å². The SMILES string of the molecule is COc1ccc(NC(=O)Nc2ccc3c(c2)C(=O)N([C@H](C)CO)C[C@H](C)[C@H](CN(C)S(=O)(=O)c2ccc(Cl)cc2)OCCCC[C@@H](C)O3)cc1. The number of ether oxygens (including phenoxy) is 3. The lowest BCUT2D eigenvalue weighted by atomic mass is 10.0. The van der Waals surface area contributed by atoms with E-state index in [1.54, 1.807) is 56.5 Å². The molecule has 0 aromatic heterocycles. The van der Waals surface area contributed by atoms with Gasteiger partial charge in [-0.25, -0.2) is 13.2 Å². The molecule has 1 aliphatic heterocycles. The lowest BCUT2D eigenvalue weighted by molar-refractivity contribution is -0.00833. The van der Waals surface area contributed by atoms with Crippen molar-refractivity contribution >= 4 is 44.9 Å². The van der Waals surface area contributed by atoms with Crippen LogP contribution in [0.2, 0.25) is 5.02 Å². The smallest absolute Gasteiger partial charge is 0.323 e. The fourth-order valence-corrected chi connectivity index (χ4v) is 6.88. The molecule has 3 amide bonds. The van der Waals surface area contributed by atoms with Gasteiger partial charge in [0.05, 0.1) is 42.4 Å². The number of sulfonamides is 1. The Bertz CT molecular complexity index is 1690. The molecule has 0 radical (unpaired) electrons. The number of carbonyl (C=O) groups is 2. The number of amides is 3. The van der Waals surface area contributed by atoms with Crippen LogP contribution >= 0.6 is 11.6 Å². The van der Waals surface area contributed by atoms with Gasteiger partial charge in [-0.3, -0.25) is 4.79 Å². The second-order valence-corrected chi connectivity index (χ2v) is 15.0. The number of likely N-dealkylation sites (N-methyl/N-ethyl adjacent to an activating group) is 1. The molecule has 0 spiro atoms. The number of hydrogen-bond acceptors (Lipinski definition) is 8. The first kappa shape index (κ1) is 38.9. The molecule has 0 bridgehead atoms. The molecule has 4 rings (SSSR count). The van der Waals surface area contributed by atoms with E-state index in [1.807, 2.05) is 13.8 Å². The zero-order chi connectivity index (χ0) is 36.4. The molecular weight excluding hydrogens is 684 g/mol. The van der Waals surface area contributed by atoms with Crippen LogP contribution in [0.15, 0.2) is 71.6 Å². The predicted molar refractivity (Wildman–Crippen MR) is 194 cm³/mol. The van der Waals surface area contributed by atoms with Crippen molar-refractivity contribution in [2.75, 3.05) is 51.1 Å². The maximum Gasteiger partial charge on any atom is 0.323 e. The molecule has 50 heavy (non-hydrogen) atoms. The standard InChI is InChI=1S/C36H47ClN4O8S/c1-24-21-41(25(2)23-42)35(43)32-20-29(39-36(44)38-28-11-14-30(47-5)15-12-28)13-18-33(32)49-26(3)8-6-7-19-48-34(24)22-40(4)50(45,46)31-16-9-27(37)10-17-31/h9-18,20,24-26,34,42H,6-8,19,21-23H2,1-5H3,(H2,38,39,44)/t24-,25+,26+,34-/m0/s1. The van der Waals surface area contributed by atoms with Crippen LogP contribution in [0.5, 0.6) is 11.5 Å². The second kappa shape index (κ2) is 17.9. The third-order valence-corrected chi connectivity index (χ3v) is 10.7. The fraction of sp³-hybridized carbons (Fsp3) is 0.444. The summed E-state index contributed by atoms with van der Waals surface area (Å²) in [5, 5.41) is 16.2. The van der Waals surface area contributed by atoms with Gasteiger partial charge in [0.1, 0.15) is 11.5 Å². The number of nitrogens with one attached hydrogen (secondary N) is 2. The maximum atomic E-state index is 14.4. The van der Waals surface area contributed by atoms with Crippen LogP contribution in [0.1, 0.15) is 50.4 Å². The highest BCUT2D eigenvalue weighted by molar-refractivity contribution is 7.89. The largest absolute Gasteiger partial charge is 0.497 e. The maximum absolute atomic E-state index is 14.4. The summed E-state index contributed by atoms with van der Waals surface area (Å²) in [6.45, 7) is 5.80. The van der Waals surface area contributed by atoms with E-state index in [4.69, 9.17) is 25.8 Å². The third-order valence-electron chi connectivity index (χ3n) is 8.62. The lowest BCUT2D eigenvalue weighted by Crippen LogP contribution is -2.48. The lowest BCUT2D eigenvalue weighted by Gasteiger charge is -2.35. The summed E-state index contributed by atoms with van der Waals surface area (Å²) < 4.78 is 45.9. The molecule has 1 aliphatic rings. The number of anilines is 2. The van der Waals surface area contributed by atoms with E-state index in [1.165, 1.54) is 40.5 Å². The van der Waals surface area contributed by atoms with E-state index >= 15 is 0 Å². The minimum Gasteiger partial charge on any atom is -0.497 e. The van der Waals surface area contributed by atoms with E-state index in [0.29, 0.717) is 40.9 Å². The summed E-state index contributed by atoms with van der Waals surface area (Å²) in [5.41, 5.74) is 1.12. The monoisotopic (exact) mass is 730 g/mol. The Morgan fingerprint density at radius 1 is 1.06 bits per heavy atom. The van der Waals surface area contributed by atoms with Crippen molar-refractivity contribution in [1.82, 2.24) is 9.21 Å². The molecule has 0 saturated heterocycles. The first-order chi connectivity index (χ1) is 23.8. The number of aliphatic hydroxyl groups is 1. The van der Waals surface area contributed by atoms with Gasteiger partial charge >= 0.3 is 6.03 Å². The second-order valence-electron chi connectivity index (χ2n) is 12.6. The summed E-state index contributed by atoms with van der Waals surface area (Å²) in [4.78, 5) is 28.9. The Labute approximate surface area is 299 Å². The summed E-state index contributed by atoms with van der Waals surface area (Å²) in [6, 6.07) is 16.6. The number of methoxy groups -OCH3 is 1. The highest BCUT2D eigenvalue weighted by Crippen LogP contribution is 2.29. The van der Waals surface area contributed by atoms with Crippen molar-refractivity contribution in [3.63, 3.8) is 0 Å². The summed E-state index contributed by atoms with van der Waals surface area (Å²) in [6.07, 6.45) is 1.37. The predicted octanol–water partition coefficient (Wildman–Crippen LogP) is 6.11. The topological polar surface area (TPSA) is 147 Å². The number of aliphatic hydroxyl groups excluding tert-OH is 1. The Kier molecular flexibility index (Phi) is 13.9. The van der Waals surface area contributed by atoms with Gasteiger partial charge in [-0.15, -0.1) is 0 Å². The first-order valence-corrected chi connectivity index (χ1v) is 18.4. The Morgan fingerprint density at radius 3 is 2.38 bits per heavy atom.